The molecule has 0 spiro atoms. The molecule has 1 aliphatic heterocycles. The van der Waals surface area contributed by atoms with E-state index >= 15 is 0 Å². The van der Waals surface area contributed by atoms with Gasteiger partial charge in [0.1, 0.15) is 23.1 Å². The highest BCUT2D eigenvalue weighted by Crippen LogP contribution is 2.33. The molecule has 35 heavy (non-hydrogen) atoms. The highest BCUT2D eigenvalue weighted by molar-refractivity contribution is 7.99. The van der Waals surface area contributed by atoms with Gasteiger partial charge < -0.3 is 15.0 Å². The number of carbonyl (C=O) groups excluding carboxylic acids is 1. The first-order valence-electron chi connectivity index (χ1n) is 10.8. The normalized spacial score (nSPS) is 14.2. The number of anilines is 1. The second-order valence-electron chi connectivity index (χ2n) is 7.94. The molecule has 3 aromatic rings. The number of hydrogen-bond acceptors (Lipinski definition) is 4. The van der Waals surface area contributed by atoms with E-state index in [1.165, 1.54) is 24.3 Å². The van der Waals surface area contributed by atoms with E-state index < -0.39 is 23.6 Å². The third kappa shape index (κ3) is 6.79. The Bertz CT molecular complexity index is 1260. The molecule has 0 bridgehead atoms. The molecule has 4 rings (SSSR count). The van der Waals surface area contributed by atoms with Gasteiger partial charge in [-0.15, -0.1) is 0 Å². The monoisotopic (exact) mass is 503 g/mol. The maximum Gasteiger partial charge on any atom is 0.432 e. The number of nitrogens with zero attached hydrogens (tertiary/aromatic N) is 1. The number of halogens is 4. The lowest BCUT2D eigenvalue weighted by Gasteiger charge is -2.22. The number of alkyl halides is 3. The Morgan fingerprint density at radius 3 is 2.71 bits per heavy atom. The van der Waals surface area contributed by atoms with Crippen LogP contribution in [-0.4, -0.2) is 34.0 Å². The number of H-pyrrole nitrogens is 1. The predicted octanol–water partition coefficient (Wildman–Crippen LogP) is 5.75. The van der Waals surface area contributed by atoms with Gasteiger partial charge in [-0.2, -0.15) is 24.9 Å². The van der Waals surface area contributed by atoms with Gasteiger partial charge in [-0.05, 0) is 66.7 Å². The number of ether oxygens (including phenoxy) is 1. The van der Waals surface area contributed by atoms with Crippen molar-refractivity contribution in [2.75, 3.05) is 23.4 Å². The number of hydrogen-bond donors (Lipinski definition) is 2. The number of nitrogens with one attached hydrogen (secondary N) is 2. The van der Waals surface area contributed by atoms with Crippen molar-refractivity contribution in [3.63, 3.8) is 0 Å². The summed E-state index contributed by atoms with van der Waals surface area (Å²) >= 11 is 1.90. The maximum absolute atomic E-state index is 13.3. The molecule has 0 saturated carbocycles. The second-order valence-corrected chi connectivity index (χ2v) is 9.16. The SMILES string of the molecule is O=C(C#Cc1cccc(F)c1)Nc1cc(-c2ncc(C(F)(F)F)[nH]2)ccc1OCC1CCSCC1. The molecule has 2 aromatic carbocycles. The van der Waals surface area contributed by atoms with Crippen LogP contribution in [0.25, 0.3) is 11.4 Å². The zero-order chi connectivity index (χ0) is 24.8. The van der Waals surface area contributed by atoms with E-state index in [-0.39, 0.29) is 11.5 Å². The molecule has 1 fully saturated rings. The highest BCUT2D eigenvalue weighted by Gasteiger charge is 2.33. The third-order valence-electron chi connectivity index (χ3n) is 5.34. The fraction of sp³-hybridized carbons (Fsp3) is 0.280. The van der Waals surface area contributed by atoms with Crippen molar-refractivity contribution < 1.29 is 27.1 Å². The highest BCUT2D eigenvalue weighted by atomic mass is 32.2. The number of carbonyl (C=O) groups is 1. The molecule has 0 radical (unpaired) electrons. The average Bonchev–Trinajstić information content (AvgIpc) is 3.34. The summed E-state index contributed by atoms with van der Waals surface area (Å²) in [7, 11) is 0. The molecule has 2 heterocycles. The molecule has 5 nitrogen and oxygen atoms in total. The van der Waals surface area contributed by atoms with Crippen LogP contribution in [0.1, 0.15) is 24.1 Å². The minimum atomic E-state index is -4.56. The minimum absolute atomic E-state index is 0.00507. The van der Waals surface area contributed by atoms with Crippen molar-refractivity contribution in [2.24, 2.45) is 5.92 Å². The summed E-state index contributed by atoms with van der Waals surface area (Å²) in [5.41, 5.74) is -0.0724. The minimum Gasteiger partial charge on any atom is -0.491 e. The summed E-state index contributed by atoms with van der Waals surface area (Å²) in [6.45, 7) is 0.455. The Hall–Kier alpha value is -3.45. The van der Waals surface area contributed by atoms with Crippen LogP contribution in [-0.2, 0) is 11.0 Å². The zero-order valence-electron chi connectivity index (χ0n) is 18.4. The number of imidazole rings is 1. The number of aromatic nitrogens is 2. The molecule has 1 aliphatic rings. The lowest BCUT2D eigenvalue weighted by atomic mass is 10.0. The fourth-order valence-electron chi connectivity index (χ4n) is 3.48. The summed E-state index contributed by atoms with van der Waals surface area (Å²) < 4.78 is 58.2. The number of rotatable bonds is 5. The maximum atomic E-state index is 13.3. The Morgan fingerprint density at radius 1 is 1.20 bits per heavy atom. The number of thioether (sulfide) groups is 1. The van der Waals surface area contributed by atoms with E-state index in [1.54, 1.807) is 18.2 Å². The smallest absolute Gasteiger partial charge is 0.432 e. The Morgan fingerprint density at radius 2 is 2.00 bits per heavy atom. The van der Waals surface area contributed by atoms with Crippen molar-refractivity contribution in [1.82, 2.24) is 9.97 Å². The molecule has 10 heteroatoms. The summed E-state index contributed by atoms with van der Waals surface area (Å²) in [5.74, 6) is 6.70. The molecule has 1 saturated heterocycles. The van der Waals surface area contributed by atoms with Crippen LogP contribution in [0, 0.1) is 23.6 Å². The van der Waals surface area contributed by atoms with E-state index in [2.05, 4.69) is 27.1 Å². The van der Waals surface area contributed by atoms with Crippen LogP contribution < -0.4 is 10.1 Å². The molecule has 0 unspecified atom stereocenters. The van der Waals surface area contributed by atoms with Crippen molar-refractivity contribution in [3.05, 3.63) is 65.7 Å². The molecule has 2 N–H and O–H groups in total. The van der Waals surface area contributed by atoms with Crippen LogP contribution in [0.15, 0.2) is 48.7 Å². The van der Waals surface area contributed by atoms with Gasteiger partial charge in [-0.3, -0.25) is 4.79 Å². The van der Waals surface area contributed by atoms with Crippen molar-refractivity contribution >= 4 is 23.4 Å². The molecule has 0 atom stereocenters. The first-order valence-corrected chi connectivity index (χ1v) is 12.0. The Kier molecular flexibility index (Phi) is 7.66. The van der Waals surface area contributed by atoms with E-state index in [0.29, 0.717) is 35.6 Å². The van der Waals surface area contributed by atoms with Gasteiger partial charge in [-0.25, -0.2) is 9.37 Å². The number of amides is 1. The first kappa shape index (κ1) is 24.7. The van der Waals surface area contributed by atoms with Gasteiger partial charge >= 0.3 is 12.1 Å². The zero-order valence-corrected chi connectivity index (χ0v) is 19.2. The summed E-state index contributed by atoms with van der Waals surface area (Å²) in [4.78, 5) is 18.6. The predicted molar refractivity (Wildman–Crippen MR) is 126 cm³/mol. The first-order chi connectivity index (χ1) is 16.8. The third-order valence-corrected chi connectivity index (χ3v) is 6.39. The van der Waals surface area contributed by atoms with E-state index in [4.69, 9.17) is 4.74 Å². The quantitative estimate of drug-likeness (QED) is 0.344. The summed E-state index contributed by atoms with van der Waals surface area (Å²) in [6, 6.07) is 10.1. The summed E-state index contributed by atoms with van der Waals surface area (Å²) in [6.07, 6.45) is -1.80. The lowest BCUT2D eigenvalue weighted by Crippen LogP contribution is -2.18. The fourth-order valence-corrected chi connectivity index (χ4v) is 4.69. The van der Waals surface area contributed by atoms with E-state index in [0.717, 1.165) is 24.3 Å². The molecule has 182 valence electrons. The van der Waals surface area contributed by atoms with Gasteiger partial charge in [-0.1, -0.05) is 12.0 Å². The molecule has 1 aromatic heterocycles. The van der Waals surface area contributed by atoms with E-state index in [9.17, 15) is 22.4 Å². The average molecular weight is 504 g/mol. The van der Waals surface area contributed by atoms with Crippen molar-refractivity contribution in [2.45, 2.75) is 19.0 Å². The second kappa shape index (κ2) is 10.9. The molecular weight excluding hydrogens is 482 g/mol. The Labute approximate surface area is 203 Å². The summed E-state index contributed by atoms with van der Waals surface area (Å²) in [5, 5.41) is 2.63. The molecule has 1 amide bonds. The van der Waals surface area contributed by atoms with Crippen LogP contribution in [0.5, 0.6) is 5.75 Å². The number of aromatic amines is 1. The van der Waals surface area contributed by atoms with Crippen LogP contribution in [0.3, 0.4) is 0 Å². The molecule has 0 aliphatic carbocycles. The van der Waals surface area contributed by atoms with Crippen LogP contribution in [0.2, 0.25) is 0 Å². The van der Waals surface area contributed by atoms with Gasteiger partial charge in [0.15, 0.2) is 0 Å². The van der Waals surface area contributed by atoms with Gasteiger partial charge in [0.2, 0.25) is 0 Å². The Balaban J connectivity index is 1.57. The van der Waals surface area contributed by atoms with Crippen molar-refractivity contribution in [1.29, 1.82) is 0 Å². The van der Waals surface area contributed by atoms with Crippen molar-refractivity contribution in [3.8, 4) is 29.0 Å². The molecular formula is C25H21F4N3O2S. The van der Waals surface area contributed by atoms with Crippen LogP contribution >= 0.6 is 11.8 Å². The van der Waals surface area contributed by atoms with Gasteiger partial charge in [0, 0.05) is 17.0 Å². The number of benzene rings is 2. The lowest BCUT2D eigenvalue weighted by molar-refractivity contribution is -0.140. The van der Waals surface area contributed by atoms with Crippen LogP contribution in [0.4, 0.5) is 23.2 Å². The standard InChI is InChI=1S/C25H21F4N3O2S/c26-19-3-1-2-16(12-19)4-7-23(33)31-20-13-18(24-30-14-22(32-24)25(27,28)29)5-6-21(20)34-15-17-8-10-35-11-9-17/h1-3,5-6,12-14,17H,8-11,15H2,(H,30,32)(H,31,33). The topological polar surface area (TPSA) is 67.0 Å². The largest absolute Gasteiger partial charge is 0.491 e. The van der Waals surface area contributed by atoms with Gasteiger partial charge in [0.05, 0.1) is 18.5 Å². The van der Waals surface area contributed by atoms with Gasteiger partial charge in [0.25, 0.3) is 0 Å². The van der Waals surface area contributed by atoms with E-state index in [1.807, 2.05) is 11.8 Å².